The van der Waals surface area contributed by atoms with Crippen molar-refractivity contribution < 1.29 is 0 Å². The minimum absolute atomic E-state index is 0.443. The molecule has 0 atom stereocenters. The van der Waals surface area contributed by atoms with Gasteiger partial charge >= 0.3 is 0 Å². The highest BCUT2D eigenvalue weighted by Gasteiger charge is 2.01. The van der Waals surface area contributed by atoms with Crippen molar-refractivity contribution in [3.8, 4) is 6.07 Å². The number of nitrogens with one attached hydrogen (secondary N) is 1. The first-order valence-electron chi connectivity index (χ1n) is 5.83. The molecule has 2 aromatic rings. The second-order valence-corrected chi connectivity index (χ2v) is 5.44. The monoisotopic (exact) mass is 334 g/mol. The Morgan fingerprint density at radius 2 is 1.89 bits per heavy atom. The number of hydrogen-bond acceptors (Lipinski definition) is 2. The van der Waals surface area contributed by atoms with E-state index in [1.165, 1.54) is 0 Å². The summed E-state index contributed by atoms with van der Waals surface area (Å²) < 4.78 is 0.974. The molecule has 2 rings (SSSR count). The van der Waals surface area contributed by atoms with Gasteiger partial charge in [0.25, 0.3) is 0 Å². The van der Waals surface area contributed by atoms with E-state index in [-0.39, 0.29) is 0 Å². The molecule has 2 aromatic carbocycles. The number of rotatable bonds is 4. The third-order valence-corrected chi connectivity index (χ3v) is 3.58. The summed E-state index contributed by atoms with van der Waals surface area (Å²) in [4.78, 5) is 0. The van der Waals surface area contributed by atoms with Crippen LogP contribution < -0.4 is 5.32 Å². The van der Waals surface area contributed by atoms with Gasteiger partial charge in [-0.05, 0) is 35.4 Å². The fourth-order valence-corrected chi connectivity index (χ4v) is 2.43. The van der Waals surface area contributed by atoms with E-state index in [1.807, 2.05) is 42.5 Å². The van der Waals surface area contributed by atoms with E-state index in [4.69, 9.17) is 16.9 Å². The Morgan fingerprint density at radius 1 is 1.16 bits per heavy atom. The van der Waals surface area contributed by atoms with Gasteiger partial charge in [-0.3, -0.25) is 0 Å². The Bertz CT molecular complexity index is 603. The minimum atomic E-state index is 0.443. The highest BCUT2D eigenvalue weighted by atomic mass is 79.9. The third-order valence-electron chi connectivity index (χ3n) is 2.74. The van der Waals surface area contributed by atoms with Gasteiger partial charge in [0, 0.05) is 21.7 Å². The summed E-state index contributed by atoms with van der Waals surface area (Å²) in [6.07, 6.45) is 0.443. The normalized spacial score (nSPS) is 9.95. The van der Waals surface area contributed by atoms with E-state index in [2.05, 4.69) is 27.3 Å². The lowest BCUT2D eigenvalue weighted by Crippen LogP contribution is -2.00. The van der Waals surface area contributed by atoms with E-state index < -0.39 is 0 Å². The summed E-state index contributed by atoms with van der Waals surface area (Å²) in [5, 5.41) is 12.7. The molecule has 0 amide bonds. The largest absolute Gasteiger partial charge is 0.381 e. The zero-order valence-electron chi connectivity index (χ0n) is 10.2. The summed E-state index contributed by atoms with van der Waals surface area (Å²) in [6.45, 7) is 0.670. The van der Waals surface area contributed by atoms with Crippen LogP contribution in [-0.4, -0.2) is 0 Å². The molecular formula is C15H12BrClN2. The summed E-state index contributed by atoms with van der Waals surface area (Å²) in [7, 11) is 0. The zero-order chi connectivity index (χ0) is 13.7. The Balaban J connectivity index is 2.00. The highest BCUT2D eigenvalue weighted by molar-refractivity contribution is 9.10. The average molecular weight is 336 g/mol. The van der Waals surface area contributed by atoms with E-state index in [0.29, 0.717) is 13.0 Å². The molecule has 0 radical (unpaired) electrons. The molecule has 2 nitrogen and oxygen atoms in total. The lowest BCUT2D eigenvalue weighted by atomic mass is 10.1. The molecule has 0 aliphatic heterocycles. The van der Waals surface area contributed by atoms with Gasteiger partial charge in [-0.25, -0.2) is 0 Å². The lowest BCUT2D eigenvalue weighted by molar-refractivity contribution is 1.14. The number of nitriles is 1. The van der Waals surface area contributed by atoms with Gasteiger partial charge in [0.1, 0.15) is 0 Å². The van der Waals surface area contributed by atoms with Gasteiger partial charge in [-0.2, -0.15) is 5.26 Å². The number of halogens is 2. The molecule has 0 saturated carbocycles. The van der Waals surface area contributed by atoms with Crippen LogP contribution in [0.15, 0.2) is 46.9 Å². The van der Waals surface area contributed by atoms with Gasteiger partial charge in [0.05, 0.1) is 12.5 Å². The van der Waals surface area contributed by atoms with Crippen LogP contribution >= 0.6 is 27.5 Å². The quantitative estimate of drug-likeness (QED) is 0.872. The third kappa shape index (κ3) is 3.99. The zero-order valence-corrected chi connectivity index (χ0v) is 12.5. The predicted octanol–water partition coefficient (Wildman–Crippen LogP) is 4.78. The van der Waals surface area contributed by atoms with E-state index in [1.54, 1.807) is 0 Å². The smallest absolute Gasteiger partial charge is 0.0669 e. The first-order chi connectivity index (χ1) is 9.19. The molecule has 4 heteroatoms. The van der Waals surface area contributed by atoms with Crippen molar-refractivity contribution in [2.45, 2.75) is 13.0 Å². The van der Waals surface area contributed by atoms with Crippen molar-refractivity contribution in [1.29, 1.82) is 5.26 Å². The van der Waals surface area contributed by atoms with Crippen LogP contribution in [0.2, 0.25) is 5.02 Å². The van der Waals surface area contributed by atoms with Gasteiger partial charge < -0.3 is 5.32 Å². The predicted molar refractivity (Wildman–Crippen MR) is 82.2 cm³/mol. The summed E-state index contributed by atoms with van der Waals surface area (Å²) in [5.74, 6) is 0. The molecule has 0 aliphatic rings. The molecule has 0 spiro atoms. The second kappa shape index (κ2) is 6.60. The van der Waals surface area contributed by atoms with Crippen LogP contribution in [-0.2, 0) is 13.0 Å². The van der Waals surface area contributed by atoms with Crippen LogP contribution in [0.1, 0.15) is 11.1 Å². The molecule has 19 heavy (non-hydrogen) atoms. The molecule has 0 aromatic heterocycles. The van der Waals surface area contributed by atoms with Crippen LogP contribution in [0.5, 0.6) is 0 Å². The van der Waals surface area contributed by atoms with Gasteiger partial charge in [0.15, 0.2) is 0 Å². The Hall–Kier alpha value is -1.50. The van der Waals surface area contributed by atoms with Gasteiger partial charge in [-0.1, -0.05) is 45.7 Å². The topological polar surface area (TPSA) is 35.8 Å². The number of hydrogen-bond donors (Lipinski definition) is 1. The summed E-state index contributed by atoms with van der Waals surface area (Å²) >= 11 is 9.54. The summed E-state index contributed by atoms with van der Waals surface area (Å²) in [5.41, 5.74) is 3.08. The van der Waals surface area contributed by atoms with Gasteiger partial charge in [-0.15, -0.1) is 0 Å². The van der Waals surface area contributed by atoms with Crippen LogP contribution in [0, 0.1) is 11.3 Å². The molecular weight excluding hydrogens is 324 g/mol. The van der Waals surface area contributed by atoms with Crippen LogP contribution in [0.25, 0.3) is 0 Å². The molecule has 0 unspecified atom stereocenters. The maximum Gasteiger partial charge on any atom is 0.0669 e. The summed E-state index contributed by atoms with van der Waals surface area (Å²) in [6, 6.07) is 15.8. The first-order valence-corrected chi connectivity index (χ1v) is 7.00. The molecule has 0 aliphatic carbocycles. The van der Waals surface area contributed by atoms with Crippen molar-refractivity contribution in [3.05, 3.63) is 63.1 Å². The fraction of sp³-hybridized carbons (Fsp3) is 0.133. The van der Waals surface area contributed by atoms with E-state index in [0.717, 1.165) is 26.3 Å². The van der Waals surface area contributed by atoms with Crippen molar-refractivity contribution >= 4 is 33.2 Å². The maximum atomic E-state index is 8.61. The Labute approximate surface area is 126 Å². The van der Waals surface area contributed by atoms with Crippen molar-refractivity contribution in [2.24, 2.45) is 0 Å². The first kappa shape index (κ1) is 13.9. The molecule has 0 bridgehead atoms. The van der Waals surface area contributed by atoms with Crippen LogP contribution in [0.3, 0.4) is 0 Å². The van der Waals surface area contributed by atoms with Crippen molar-refractivity contribution in [2.75, 3.05) is 5.32 Å². The average Bonchev–Trinajstić information content (AvgIpc) is 2.40. The standard InChI is InChI=1S/C15H12BrClN2/c16-13-4-3-12(15(17)9-13)10-19-14-5-1-11(2-6-14)7-8-18/h1-6,9,19H,7,10H2. The molecule has 96 valence electrons. The van der Waals surface area contributed by atoms with E-state index >= 15 is 0 Å². The van der Waals surface area contributed by atoms with Crippen molar-refractivity contribution in [3.63, 3.8) is 0 Å². The van der Waals surface area contributed by atoms with Crippen LogP contribution in [0.4, 0.5) is 5.69 Å². The second-order valence-electron chi connectivity index (χ2n) is 4.12. The highest BCUT2D eigenvalue weighted by Crippen LogP contribution is 2.22. The molecule has 0 fully saturated rings. The lowest BCUT2D eigenvalue weighted by Gasteiger charge is -2.09. The Kier molecular flexibility index (Phi) is 4.84. The SMILES string of the molecule is N#CCc1ccc(NCc2ccc(Br)cc2Cl)cc1. The molecule has 0 saturated heterocycles. The number of benzene rings is 2. The fourth-order valence-electron chi connectivity index (χ4n) is 1.69. The van der Waals surface area contributed by atoms with E-state index in [9.17, 15) is 0 Å². The molecule has 1 N–H and O–H groups in total. The molecule has 0 heterocycles. The minimum Gasteiger partial charge on any atom is -0.381 e. The maximum absolute atomic E-state index is 8.61. The number of nitrogens with zero attached hydrogens (tertiary/aromatic N) is 1. The number of anilines is 1. The van der Waals surface area contributed by atoms with Crippen molar-refractivity contribution in [1.82, 2.24) is 0 Å². The Morgan fingerprint density at radius 3 is 2.53 bits per heavy atom. The van der Waals surface area contributed by atoms with Gasteiger partial charge in [0.2, 0.25) is 0 Å².